The highest BCUT2D eigenvalue weighted by Gasteiger charge is 2.16. The quantitative estimate of drug-likeness (QED) is 0.238. The van der Waals surface area contributed by atoms with Crippen molar-refractivity contribution in [3.05, 3.63) is 81.4 Å². The van der Waals surface area contributed by atoms with Gasteiger partial charge in [0.05, 0.1) is 23.9 Å². The molecule has 156 valence electrons. The summed E-state index contributed by atoms with van der Waals surface area (Å²) >= 11 is 1.30. The molecule has 0 spiro atoms. The summed E-state index contributed by atoms with van der Waals surface area (Å²) in [5, 5.41) is 2.55. The van der Waals surface area contributed by atoms with E-state index in [-0.39, 0.29) is 12.1 Å². The van der Waals surface area contributed by atoms with E-state index in [0.29, 0.717) is 21.5 Å². The van der Waals surface area contributed by atoms with Gasteiger partial charge in [0.2, 0.25) is 0 Å². The second-order valence-electron chi connectivity index (χ2n) is 7.07. The number of terminal acetylenes is 1. The molecule has 0 aliphatic heterocycles. The predicted molar refractivity (Wildman–Crippen MR) is 125 cm³/mol. The van der Waals surface area contributed by atoms with E-state index in [4.69, 9.17) is 15.6 Å². The van der Waals surface area contributed by atoms with Gasteiger partial charge in [-0.25, -0.2) is 4.79 Å². The van der Waals surface area contributed by atoms with Gasteiger partial charge in [-0.05, 0) is 41.1 Å². The molecule has 3 aromatic carbocycles. The van der Waals surface area contributed by atoms with Gasteiger partial charge in [0, 0.05) is 5.39 Å². The summed E-state index contributed by atoms with van der Waals surface area (Å²) in [5.74, 6) is 2.59. The minimum absolute atomic E-state index is 0.129. The smallest absolute Gasteiger partial charge is 0.349 e. The van der Waals surface area contributed by atoms with E-state index in [9.17, 15) is 9.59 Å². The lowest BCUT2D eigenvalue weighted by Gasteiger charge is -2.04. The number of rotatable bonds is 3. The van der Waals surface area contributed by atoms with Crippen molar-refractivity contribution in [2.24, 2.45) is 4.99 Å². The Bertz CT molecular complexity index is 1700. The zero-order chi connectivity index (χ0) is 22.2. The molecule has 1 amide bonds. The van der Waals surface area contributed by atoms with E-state index in [2.05, 4.69) is 10.9 Å². The molecule has 5 aromatic rings. The molecule has 0 N–H and O–H groups in total. The number of carbonyl (C=O) groups is 1. The van der Waals surface area contributed by atoms with Crippen LogP contribution in [0.25, 0.3) is 32.0 Å². The van der Waals surface area contributed by atoms with E-state index < -0.39 is 11.5 Å². The van der Waals surface area contributed by atoms with E-state index in [1.807, 2.05) is 48.5 Å². The van der Waals surface area contributed by atoms with Gasteiger partial charge in [0.1, 0.15) is 16.9 Å². The van der Waals surface area contributed by atoms with Gasteiger partial charge < -0.3 is 13.7 Å². The second-order valence-corrected chi connectivity index (χ2v) is 8.08. The highest BCUT2D eigenvalue weighted by Crippen LogP contribution is 2.26. The summed E-state index contributed by atoms with van der Waals surface area (Å²) in [7, 11) is 1.59. The van der Waals surface area contributed by atoms with Crippen LogP contribution in [-0.4, -0.2) is 17.6 Å². The number of nitrogens with zero attached hydrogens (tertiary/aromatic N) is 2. The first-order chi connectivity index (χ1) is 15.6. The van der Waals surface area contributed by atoms with Crippen LogP contribution in [-0.2, 0) is 6.54 Å². The van der Waals surface area contributed by atoms with E-state index in [0.717, 1.165) is 21.0 Å². The van der Waals surface area contributed by atoms with Crippen molar-refractivity contribution in [2.45, 2.75) is 6.54 Å². The van der Waals surface area contributed by atoms with Gasteiger partial charge >= 0.3 is 5.63 Å². The Hall–Kier alpha value is -4.15. The third kappa shape index (κ3) is 3.27. The third-order valence-corrected chi connectivity index (χ3v) is 6.25. The Morgan fingerprint density at radius 3 is 2.81 bits per heavy atom. The minimum atomic E-state index is -0.729. The lowest BCUT2D eigenvalue weighted by atomic mass is 10.0. The van der Waals surface area contributed by atoms with Crippen molar-refractivity contribution in [1.29, 1.82) is 0 Å². The van der Waals surface area contributed by atoms with Gasteiger partial charge in [0.15, 0.2) is 4.80 Å². The first-order valence-corrected chi connectivity index (χ1v) is 10.6. The van der Waals surface area contributed by atoms with E-state index >= 15 is 0 Å². The lowest BCUT2D eigenvalue weighted by Crippen LogP contribution is -2.19. The Labute approximate surface area is 186 Å². The number of thiazole rings is 1. The van der Waals surface area contributed by atoms with Gasteiger partial charge in [-0.15, -0.1) is 6.42 Å². The van der Waals surface area contributed by atoms with Gasteiger partial charge in [-0.2, -0.15) is 4.99 Å². The topological polar surface area (TPSA) is 73.8 Å². The maximum Gasteiger partial charge on any atom is 0.349 e. The zero-order valence-electron chi connectivity index (χ0n) is 17.0. The van der Waals surface area contributed by atoms with Crippen LogP contribution in [0, 0.1) is 12.3 Å². The molecule has 0 aliphatic carbocycles. The highest BCUT2D eigenvalue weighted by atomic mass is 32.1. The van der Waals surface area contributed by atoms with Crippen LogP contribution in [0.5, 0.6) is 5.75 Å². The molecule has 2 aromatic heterocycles. The maximum atomic E-state index is 13.1. The molecule has 0 bridgehead atoms. The number of hydrogen-bond donors (Lipinski definition) is 0. The van der Waals surface area contributed by atoms with Crippen molar-refractivity contribution in [2.75, 3.05) is 7.11 Å². The number of methoxy groups -OCH3 is 1. The van der Waals surface area contributed by atoms with Crippen molar-refractivity contribution < 1.29 is 13.9 Å². The highest BCUT2D eigenvalue weighted by molar-refractivity contribution is 7.16. The molecule has 0 fully saturated rings. The summed E-state index contributed by atoms with van der Waals surface area (Å²) in [4.78, 5) is 30.3. The monoisotopic (exact) mass is 440 g/mol. The molecule has 5 rings (SSSR count). The van der Waals surface area contributed by atoms with Crippen LogP contribution < -0.4 is 15.2 Å². The molecule has 32 heavy (non-hydrogen) atoms. The first kappa shape index (κ1) is 19.8. The van der Waals surface area contributed by atoms with Crippen molar-refractivity contribution in [1.82, 2.24) is 4.57 Å². The molecular formula is C25H16N2O4S. The van der Waals surface area contributed by atoms with Gasteiger partial charge in [-0.3, -0.25) is 4.79 Å². The normalized spacial score (nSPS) is 11.8. The minimum Gasteiger partial charge on any atom is -0.497 e. The molecule has 2 heterocycles. The van der Waals surface area contributed by atoms with Crippen LogP contribution in [0.3, 0.4) is 0 Å². The average molecular weight is 440 g/mol. The SMILES string of the molecule is C#CCn1c(=NC(=O)c2cc3c(ccc4ccccc43)oc2=O)sc2cc(OC)ccc21. The number of aromatic nitrogens is 1. The fraction of sp³-hybridized carbons (Fsp3) is 0.0800. The number of fused-ring (bicyclic) bond motifs is 4. The Morgan fingerprint density at radius 2 is 2.00 bits per heavy atom. The average Bonchev–Trinajstić information content (AvgIpc) is 3.14. The predicted octanol–water partition coefficient (Wildman–Crippen LogP) is 4.35. The van der Waals surface area contributed by atoms with Crippen LogP contribution >= 0.6 is 11.3 Å². The molecule has 0 saturated heterocycles. The molecule has 0 atom stereocenters. The van der Waals surface area contributed by atoms with Crippen molar-refractivity contribution >= 4 is 49.2 Å². The molecule has 0 saturated carbocycles. The number of hydrogen-bond acceptors (Lipinski definition) is 5. The lowest BCUT2D eigenvalue weighted by molar-refractivity contribution is 0.0994. The van der Waals surface area contributed by atoms with Crippen LogP contribution in [0.4, 0.5) is 0 Å². The molecule has 0 radical (unpaired) electrons. The number of benzene rings is 3. The summed E-state index contributed by atoms with van der Waals surface area (Å²) < 4.78 is 13.3. The first-order valence-electron chi connectivity index (χ1n) is 9.74. The standard InChI is InChI=1S/C25H16N2O4S/c1-3-12-27-20-10-9-16(30-2)13-22(20)32-25(27)26-23(28)19-14-18-17-7-5-4-6-15(17)8-11-21(18)31-24(19)29/h1,4-11,13-14H,12H2,2H3. The van der Waals surface area contributed by atoms with Gasteiger partial charge in [-0.1, -0.05) is 47.6 Å². The third-order valence-electron chi connectivity index (χ3n) is 5.21. The maximum absolute atomic E-state index is 13.1. The fourth-order valence-electron chi connectivity index (χ4n) is 3.68. The van der Waals surface area contributed by atoms with E-state index in [1.165, 1.54) is 11.3 Å². The summed E-state index contributed by atoms with van der Waals surface area (Å²) in [6.07, 6.45) is 5.53. The molecule has 7 heteroatoms. The van der Waals surface area contributed by atoms with Crippen LogP contribution in [0.15, 0.2) is 74.9 Å². The Morgan fingerprint density at radius 1 is 1.16 bits per heavy atom. The zero-order valence-corrected chi connectivity index (χ0v) is 17.8. The van der Waals surface area contributed by atoms with Crippen LogP contribution in [0.2, 0.25) is 0 Å². The second kappa shape index (κ2) is 7.84. The number of ether oxygens (including phenoxy) is 1. The van der Waals surface area contributed by atoms with E-state index in [1.54, 1.807) is 23.8 Å². The van der Waals surface area contributed by atoms with Crippen LogP contribution in [0.1, 0.15) is 10.4 Å². The number of amides is 1. The summed E-state index contributed by atoms with van der Waals surface area (Å²) in [5.41, 5.74) is 0.391. The van der Waals surface area contributed by atoms with Gasteiger partial charge in [0.25, 0.3) is 5.91 Å². The molecule has 6 nitrogen and oxygen atoms in total. The summed E-state index contributed by atoms with van der Waals surface area (Å²) in [6, 6.07) is 18.4. The molecule has 0 aliphatic rings. The van der Waals surface area contributed by atoms with Crippen molar-refractivity contribution in [3.8, 4) is 18.1 Å². The molecular weight excluding hydrogens is 424 g/mol. The largest absolute Gasteiger partial charge is 0.497 e. The fourth-order valence-corrected chi connectivity index (χ4v) is 4.73. The molecule has 0 unspecified atom stereocenters. The Kier molecular flexibility index (Phi) is 4.85. The summed E-state index contributed by atoms with van der Waals surface area (Å²) in [6.45, 7) is 0.232. The number of carbonyl (C=O) groups excluding carboxylic acids is 1. The Balaban J connectivity index is 1.70. The van der Waals surface area contributed by atoms with Crippen molar-refractivity contribution in [3.63, 3.8) is 0 Å².